The quantitative estimate of drug-likeness (QED) is 0.418. The number of hydrogen-bond donors (Lipinski definition) is 3. The summed E-state index contributed by atoms with van der Waals surface area (Å²) in [5.74, 6) is 0.0962. The fourth-order valence-corrected chi connectivity index (χ4v) is 3.98. The van der Waals surface area contributed by atoms with Gasteiger partial charge in [0.1, 0.15) is 11.9 Å². The minimum absolute atomic E-state index is 0.103. The van der Waals surface area contributed by atoms with Crippen LogP contribution < -0.4 is 5.32 Å². The molecule has 3 aromatic rings. The first kappa shape index (κ1) is 24.7. The van der Waals surface area contributed by atoms with Crippen LogP contribution in [-0.2, 0) is 16.1 Å². The van der Waals surface area contributed by atoms with Gasteiger partial charge in [0, 0.05) is 16.6 Å². The van der Waals surface area contributed by atoms with Gasteiger partial charge in [-0.25, -0.2) is 9.78 Å². The van der Waals surface area contributed by atoms with Crippen LogP contribution in [0, 0.1) is 5.92 Å². The monoisotopic (exact) mass is 516 g/mol. The first-order valence-electron chi connectivity index (χ1n) is 10.7. The van der Waals surface area contributed by atoms with Crippen LogP contribution in [-0.4, -0.2) is 57.8 Å². The number of carbonyl (C=O) groups excluding carboxylic acids is 2. The van der Waals surface area contributed by atoms with E-state index in [0.717, 1.165) is 26.5 Å². The van der Waals surface area contributed by atoms with Crippen molar-refractivity contribution in [2.75, 3.05) is 13.7 Å². The molecule has 0 saturated heterocycles. The molecular weight excluding hydrogens is 488 g/mol. The largest absolute Gasteiger partial charge is 0.453 e. The maximum atomic E-state index is 13.2. The lowest BCUT2D eigenvalue weighted by atomic mass is 10.0. The fourth-order valence-electron chi connectivity index (χ4n) is 3.60. The van der Waals surface area contributed by atoms with E-state index in [1.807, 2.05) is 38.1 Å². The average molecular weight is 517 g/mol. The van der Waals surface area contributed by atoms with Gasteiger partial charge in [0.25, 0.3) is 0 Å². The van der Waals surface area contributed by atoms with Gasteiger partial charge in [0.2, 0.25) is 5.91 Å². The third-order valence-corrected chi connectivity index (χ3v) is 5.76. The van der Waals surface area contributed by atoms with Gasteiger partial charge in [-0.1, -0.05) is 48.0 Å². The van der Waals surface area contributed by atoms with E-state index in [-0.39, 0.29) is 24.9 Å². The molecule has 3 N–H and O–H groups in total. The Morgan fingerprint density at radius 2 is 1.88 bits per heavy atom. The van der Waals surface area contributed by atoms with Crippen molar-refractivity contribution in [2.45, 2.75) is 39.5 Å². The van der Waals surface area contributed by atoms with Gasteiger partial charge in [-0.3, -0.25) is 4.79 Å². The maximum Gasteiger partial charge on any atom is 0.407 e. The molecule has 8 nitrogen and oxygen atoms in total. The Morgan fingerprint density at radius 3 is 2.55 bits per heavy atom. The molecule has 33 heavy (non-hydrogen) atoms. The number of nitrogens with zero attached hydrogens (tertiary/aromatic N) is 2. The number of carbonyl (C=O) groups is 2. The number of hydrogen-bond acceptors (Lipinski definition) is 5. The zero-order valence-corrected chi connectivity index (χ0v) is 20.7. The van der Waals surface area contributed by atoms with E-state index in [1.165, 1.54) is 12.0 Å². The minimum atomic E-state index is -0.787. The summed E-state index contributed by atoms with van der Waals surface area (Å²) in [5.41, 5.74) is 1.80. The molecule has 0 bridgehead atoms. The Labute approximate surface area is 201 Å². The molecule has 3 rings (SSSR count). The summed E-state index contributed by atoms with van der Waals surface area (Å²) in [5, 5.41) is 14.8. The molecule has 2 atom stereocenters. The molecule has 0 aliphatic carbocycles. The van der Waals surface area contributed by atoms with Crippen LogP contribution in [0.2, 0.25) is 0 Å². The highest BCUT2D eigenvalue weighted by atomic mass is 79.9. The predicted molar refractivity (Wildman–Crippen MR) is 130 cm³/mol. The van der Waals surface area contributed by atoms with Gasteiger partial charge in [-0.2, -0.15) is 0 Å². The lowest BCUT2D eigenvalue weighted by molar-refractivity contribution is -0.136. The number of methoxy groups -OCH3 is 1. The number of benzene rings is 2. The highest BCUT2D eigenvalue weighted by Crippen LogP contribution is 2.26. The van der Waals surface area contributed by atoms with Crippen LogP contribution in [0.25, 0.3) is 22.0 Å². The van der Waals surface area contributed by atoms with Crippen molar-refractivity contribution in [2.24, 2.45) is 5.92 Å². The van der Waals surface area contributed by atoms with Crippen molar-refractivity contribution in [1.82, 2.24) is 20.2 Å². The SMILES string of the molecule is COC(=O)NC(C(=O)N(Cc1ncc(-c2ccc3cc(Br)ccc3c2)[nH]1)CC(C)O)C(C)C. The van der Waals surface area contributed by atoms with E-state index >= 15 is 0 Å². The third-order valence-electron chi connectivity index (χ3n) is 5.27. The number of aromatic nitrogens is 2. The van der Waals surface area contributed by atoms with Crippen molar-refractivity contribution in [3.8, 4) is 11.3 Å². The summed E-state index contributed by atoms with van der Waals surface area (Å²) in [6.07, 6.45) is 0.310. The standard InChI is InChI=1S/C24H29BrN4O4/c1-14(2)22(28-24(32)33-4)23(31)29(12-15(3)30)13-21-26-11-20(27-21)18-6-5-17-10-19(25)8-7-16(17)9-18/h5-11,14-15,22,30H,12-13H2,1-4H3,(H,26,27)(H,28,32). The number of alkyl carbamates (subject to hydrolysis) is 1. The number of rotatable bonds is 8. The van der Waals surface area contributed by atoms with Crippen molar-refractivity contribution >= 4 is 38.7 Å². The molecule has 9 heteroatoms. The first-order chi connectivity index (χ1) is 15.7. The highest BCUT2D eigenvalue weighted by molar-refractivity contribution is 9.10. The number of aliphatic hydroxyl groups is 1. The summed E-state index contributed by atoms with van der Waals surface area (Å²) in [6.45, 7) is 5.55. The molecular formula is C24H29BrN4O4. The van der Waals surface area contributed by atoms with Gasteiger partial charge in [-0.15, -0.1) is 0 Å². The Kier molecular flexibility index (Phi) is 8.10. The van der Waals surface area contributed by atoms with Crippen molar-refractivity contribution in [1.29, 1.82) is 0 Å². The summed E-state index contributed by atoms with van der Waals surface area (Å²) in [4.78, 5) is 34.2. The van der Waals surface area contributed by atoms with Crippen LogP contribution in [0.4, 0.5) is 4.79 Å². The van der Waals surface area contributed by atoms with Crippen LogP contribution in [0.5, 0.6) is 0 Å². The lowest BCUT2D eigenvalue weighted by Gasteiger charge is -2.29. The molecule has 1 heterocycles. The number of fused-ring (bicyclic) bond motifs is 1. The second kappa shape index (κ2) is 10.8. The molecule has 176 valence electrons. The van der Waals surface area contributed by atoms with Crippen LogP contribution in [0.3, 0.4) is 0 Å². The van der Waals surface area contributed by atoms with Gasteiger partial charge in [0.15, 0.2) is 0 Å². The second-order valence-electron chi connectivity index (χ2n) is 8.38. The zero-order valence-electron chi connectivity index (χ0n) is 19.1. The summed E-state index contributed by atoms with van der Waals surface area (Å²) in [7, 11) is 1.25. The fraction of sp³-hybridized carbons (Fsp3) is 0.375. The van der Waals surface area contributed by atoms with Crippen LogP contribution in [0.1, 0.15) is 26.6 Å². The van der Waals surface area contributed by atoms with Crippen molar-refractivity contribution in [3.63, 3.8) is 0 Å². The van der Waals surface area contributed by atoms with Gasteiger partial charge in [0.05, 0.1) is 31.6 Å². The van der Waals surface area contributed by atoms with Crippen molar-refractivity contribution in [3.05, 3.63) is 52.9 Å². The second-order valence-corrected chi connectivity index (χ2v) is 9.29. The molecule has 0 fully saturated rings. The molecule has 2 aromatic carbocycles. The first-order valence-corrected chi connectivity index (χ1v) is 11.5. The summed E-state index contributed by atoms with van der Waals surface area (Å²) in [6, 6.07) is 11.5. The topological polar surface area (TPSA) is 108 Å². The Hall–Kier alpha value is -2.91. The zero-order chi connectivity index (χ0) is 24.1. The van der Waals surface area contributed by atoms with E-state index in [0.29, 0.717) is 5.82 Å². The molecule has 0 radical (unpaired) electrons. The van der Waals surface area contributed by atoms with E-state index in [2.05, 4.69) is 48.1 Å². The number of H-pyrrole nitrogens is 1. The van der Waals surface area contributed by atoms with Gasteiger partial charge >= 0.3 is 6.09 Å². The normalized spacial score (nSPS) is 13.1. The number of amides is 2. The van der Waals surface area contributed by atoms with Gasteiger partial charge in [-0.05, 0) is 41.8 Å². The Balaban J connectivity index is 1.82. The number of halogens is 1. The average Bonchev–Trinajstić information content (AvgIpc) is 3.24. The minimum Gasteiger partial charge on any atom is -0.453 e. The van der Waals surface area contributed by atoms with Crippen LogP contribution >= 0.6 is 15.9 Å². The van der Waals surface area contributed by atoms with E-state index in [4.69, 9.17) is 0 Å². The number of aliphatic hydroxyl groups excluding tert-OH is 1. The molecule has 0 spiro atoms. The number of imidazole rings is 1. The van der Waals surface area contributed by atoms with Gasteiger partial charge < -0.3 is 25.0 Å². The molecule has 0 saturated carbocycles. The number of ether oxygens (including phenoxy) is 1. The summed E-state index contributed by atoms with van der Waals surface area (Å²) < 4.78 is 5.68. The van der Waals surface area contributed by atoms with Crippen molar-refractivity contribution < 1.29 is 19.4 Å². The highest BCUT2D eigenvalue weighted by Gasteiger charge is 2.30. The van der Waals surface area contributed by atoms with E-state index in [9.17, 15) is 14.7 Å². The summed E-state index contributed by atoms with van der Waals surface area (Å²) >= 11 is 3.49. The smallest absolute Gasteiger partial charge is 0.407 e. The third kappa shape index (κ3) is 6.33. The molecule has 2 amide bonds. The van der Waals surface area contributed by atoms with E-state index < -0.39 is 18.2 Å². The number of aromatic amines is 1. The number of nitrogens with one attached hydrogen (secondary N) is 2. The Morgan fingerprint density at radius 1 is 1.18 bits per heavy atom. The van der Waals surface area contributed by atoms with Crippen LogP contribution in [0.15, 0.2) is 47.1 Å². The lowest BCUT2D eigenvalue weighted by Crippen LogP contribution is -2.52. The molecule has 1 aromatic heterocycles. The molecule has 0 aliphatic heterocycles. The van der Waals surface area contributed by atoms with E-state index in [1.54, 1.807) is 13.1 Å². The molecule has 0 aliphatic rings. The predicted octanol–water partition coefficient (Wildman–Crippen LogP) is 4.08. The molecule has 2 unspecified atom stereocenters. The maximum absolute atomic E-state index is 13.2. The Bertz CT molecular complexity index is 1130.